The molecule has 0 bridgehead atoms. The normalized spacial score (nSPS) is 25.8. The number of carbonyl (C=O) groups is 1. The van der Waals surface area contributed by atoms with Crippen LogP contribution in [0.2, 0.25) is 0 Å². The molecule has 0 aromatic heterocycles. The van der Waals surface area contributed by atoms with Crippen molar-refractivity contribution in [3.05, 3.63) is 0 Å². The number of rotatable bonds is 3. The lowest BCUT2D eigenvalue weighted by Crippen LogP contribution is -2.34. The maximum Gasteiger partial charge on any atom is 0.222 e. The van der Waals surface area contributed by atoms with Crippen LogP contribution in [0.1, 0.15) is 64.2 Å². The zero-order valence-corrected chi connectivity index (χ0v) is 14.1. The summed E-state index contributed by atoms with van der Waals surface area (Å²) in [6.45, 7) is 4.39. The van der Waals surface area contributed by atoms with Crippen LogP contribution in [0.15, 0.2) is 0 Å². The highest BCUT2D eigenvalue weighted by Gasteiger charge is 2.40. The van der Waals surface area contributed by atoms with E-state index < -0.39 is 0 Å². The third-order valence-electron chi connectivity index (χ3n) is 5.93. The van der Waals surface area contributed by atoms with Gasteiger partial charge in [0.1, 0.15) is 0 Å². The predicted molar refractivity (Wildman–Crippen MR) is 88.8 cm³/mol. The van der Waals surface area contributed by atoms with Crippen LogP contribution in [-0.2, 0) is 4.79 Å². The number of nitrogens with one attached hydrogen (secondary N) is 1. The number of piperidine rings is 1. The van der Waals surface area contributed by atoms with Gasteiger partial charge in [0.25, 0.3) is 0 Å². The molecular formula is C17H31ClN2O. The first-order valence-electron chi connectivity index (χ1n) is 8.76. The molecule has 0 atom stereocenters. The fourth-order valence-corrected chi connectivity index (χ4v) is 4.51. The van der Waals surface area contributed by atoms with Crippen LogP contribution in [0.4, 0.5) is 0 Å². The molecule has 0 unspecified atom stereocenters. The Morgan fingerprint density at radius 2 is 1.81 bits per heavy atom. The zero-order chi connectivity index (χ0) is 13.8. The molecule has 3 aliphatic rings. The molecular weight excluding hydrogens is 284 g/mol. The smallest absolute Gasteiger partial charge is 0.222 e. The van der Waals surface area contributed by atoms with E-state index in [0.717, 1.165) is 44.9 Å². The molecule has 1 N–H and O–H groups in total. The molecule has 0 aromatic carbocycles. The molecule has 3 nitrogen and oxygen atoms in total. The quantitative estimate of drug-likeness (QED) is 0.866. The maximum absolute atomic E-state index is 12.4. The summed E-state index contributed by atoms with van der Waals surface area (Å²) in [6, 6.07) is 0. The number of amides is 1. The fraction of sp³-hybridized carbons (Fsp3) is 0.941. The maximum atomic E-state index is 12.4. The summed E-state index contributed by atoms with van der Waals surface area (Å²) < 4.78 is 0. The summed E-state index contributed by atoms with van der Waals surface area (Å²) in [5, 5.41) is 3.40. The van der Waals surface area contributed by atoms with E-state index >= 15 is 0 Å². The minimum absolute atomic E-state index is 0. The summed E-state index contributed by atoms with van der Waals surface area (Å²) in [7, 11) is 0. The second kappa shape index (κ2) is 7.82. The summed E-state index contributed by atoms with van der Waals surface area (Å²) >= 11 is 0. The number of hydrogen-bond acceptors (Lipinski definition) is 2. The Morgan fingerprint density at radius 1 is 1.10 bits per heavy atom. The summed E-state index contributed by atoms with van der Waals surface area (Å²) in [6.07, 6.45) is 12.6. The average molecular weight is 315 g/mol. The second-order valence-electron chi connectivity index (χ2n) is 7.36. The van der Waals surface area contributed by atoms with Crippen molar-refractivity contribution in [1.82, 2.24) is 10.2 Å². The van der Waals surface area contributed by atoms with Crippen LogP contribution in [0.25, 0.3) is 0 Å². The fourth-order valence-electron chi connectivity index (χ4n) is 4.51. The van der Waals surface area contributed by atoms with Gasteiger partial charge in [0.15, 0.2) is 0 Å². The van der Waals surface area contributed by atoms with Crippen LogP contribution >= 0.6 is 12.4 Å². The third-order valence-corrected chi connectivity index (χ3v) is 5.93. The van der Waals surface area contributed by atoms with Crippen molar-refractivity contribution in [2.75, 3.05) is 26.2 Å². The number of nitrogens with zero attached hydrogens (tertiary/aromatic N) is 1. The van der Waals surface area contributed by atoms with Gasteiger partial charge < -0.3 is 10.2 Å². The van der Waals surface area contributed by atoms with Crippen molar-refractivity contribution in [3.63, 3.8) is 0 Å². The highest BCUT2D eigenvalue weighted by molar-refractivity contribution is 5.85. The van der Waals surface area contributed by atoms with Gasteiger partial charge in [-0.15, -0.1) is 12.4 Å². The van der Waals surface area contributed by atoms with Crippen molar-refractivity contribution in [2.45, 2.75) is 64.2 Å². The molecule has 3 fully saturated rings. The van der Waals surface area contributed by atoms with E-state index in [2.05, 4.69) is 10.2 Å². The van der Waals surface area contributed by atoms with E-state index in [0.29, 0.717) is 11.3 Å². The molecule has 1 saturated carbocycles. The van der Waals surface area contributed by atoms with Crippen molar-refractivity contribution in [2.24, 2.45) is 11.3 Å². The zero-order valence-electron chi connectivity index (χ0n) is 13.2. The SMILES string of the molecule is Cl.O=C(CCC1CCNCC1)N1CCC2(CCCCC2)C1. The highest BCUT2D eigenvalue weighted by atomic mass is 35.5. The molecule has 0 radical (unpaired) electrons. The number of likely N-dealkylation sites (tertiary alicyclic amines) is 1. The van der Waals surface area contributed by atoms with Crippen LogP contribution < -0.4 is 5.32 Å². The van der Waals surface area contributed by atoms with Crippen LogP contribution in [-0.4, -0.2) is 37.0 Å². The van der Waals surface area contributed by atoms with Gasteiger partial charge in [0, 0.05) is 19.5 Å². The lowest BCUT2D eigenvalue weighted by atomic mass is 9.73. The van der Waals surface area contributed by atoms with Crippen LogP contribution in [0.3, 0.4) is 0 Å². The van der Waals surface area contributed by atoms with E-state index in [1.807, 2.05) is 0 Å². The van der Waals surface area contributed by atoms with Crippen molar-refractivity contribution in [1.29, 1.82) is 0 Å². The number of halogens is 1. The molecule has 2 heterocycles. The molecule has 1 spiro atoms. The van der Waals surface area contributed by atoms with Crippen molar-refractivity contribution in [3.8, 4) is 0 Å². The first kappa shape index (κ1) is 17.1. The Labute approximate surface area is 135 Å². The van der Waals surface area contributed by atoms with Crippen LogP contribution in [0, 0.1) is 11.3 Å². The predicted octanol–water partition coefficient (Wildman–Crippen LogP) is 3.37. The molecule has 1 aliphatic carbocycles. The Balaban J connectivity index is 0.00000161. The molecule has 21 heavy (non-hydrogen) atoms. The largest absolute Gasteiger partial charge is 0.342 e. The second-order valence-corrected chi connectivity index (χ2v) is 7.36. The van der Waals surface area contributed by atoms with Crippen molar-refractivity contribution >= 4 is 18.3 Å². The van der Waals surface area contributed by atoms with Crippen LogP contribution in [0.5, 0.6) is 0 Å². The number of carbonyl (C=O) groups excluding carboxylic acids is 1. The Hall–Kier alpha value is -0.280. The minimum Gasteiger partial charge on any atom is -0.342 e. The van der Waals surface area contributed by atoms with E-state index in [1.54, 1.807) is 0 Å². The topological polar surface area (TPSA) is 32.3 Å². The van der Waals surface area contributed by atoms with Gasteiger partial charge in [-0.05, 0) is 62.9 Å². The lowest BCUT2D eigenvalue weighted by molar-refractivity contribution is -0.131. The van der Waals surface area contributed by atoms with Gasteiger partial charge in [-0.3, -0.25) is 4.79 Å². The van der Waals surface area contributed by atoms with E-state index in [9.17, 15) is 4.79 Å². The Kier molecular flexibility index (Phi) is 6.36. The molecule has 1 amide bonds. The van der Waals surface area contributed by atoms with E-state index in [-0.39, 0.29) is 12.4 Å². The molecule has 0 aromatic rings. The Bertz CT molecular complexity index is 336. The van der Waals surface area contributed by atoms with E-state index in [4.69, 9.17) is 0 Å². The monoisotopic (exact) mass is 314 g/mol. The third kappa shape index (κ3) is 4.35. The molecule has 122 valence electrons. The van der Waals surface area contributed by atoms with Gasteiger partial charge in [-0.1, -0.05) is 19.3 Å². The summed E-state index contributed by atoms with van der Waals surface area (Å²) in [5.74, 6) is 1.22. The summed E-state index contributed by atoms with van der Waals surface area (Å²) in [4.78, 5) is 14.6. The van der Waals surface area contributed by atoms with Gasteiger partial charge in [-0.2, -0.15) is 0 Å². The average Bonchev–Trinajstić information content (AvgIpc) is 2.90. The standard InChI is InChI=1S/C17H30N2O.ClH/c20-16(5-4-15-6-11-18-12-7-15)19-13-10-17(14-19)8-2-1-3-9-17;/h15,18H,1-14H2;1H. The molecule has 2 saturated heterocycles. The van der Waals surface area contributed by atoms with E-state index in [1.165, 1.54) is 51.4 Å². The molecule has 3 rings (SSSR count). The highest BCUT2D eigenvalue weighted by Crippen LogP contribution is 2.43. The first-order chi connectivity index (χ1) is 9.77. The number of hydrogen-bond donors (Lipinski definition) is 1. The molecule has 4 heteroatoms. The van der Waals surface area contributed by atoms with Gasteiger partial charge in [-0.25, -0.2) is 0 Å². The van der Waals surface area contributed by atoms with Gasteiger partial charge in [0.05, 0.1) is 0 Å². The first-order valence-corrected chi connectivity index (χ1v) is 8.76. The van der Waals surface area contributed by atoms with Gasteiger partial charge in [0.2, 0.25) is 5.91 Å². The molecule has 2 aliphatic heterocycles. The minimum atomic E-state index is 0. The Morgan fingerprint density at radius 3 is 2.52 bits per heavy atom. The van der Waals surface area contributed by atoms with Crippen molar-refractivity contribution < 1.29 is 4.79 Å². The summed E-state index contributed by atoms with van der Waals surface area (Å²) in [5.41, 5.74) is 0.517. The lowest BCUT2D eigenvalue weighted by Gasteiger charge is -2.33. The van der Waals surface area contributed by atoms with Gasteiger partial charge >= 0.3 is 0 Å².